The van der Waals surface area contributed by atoms with Crippen molar-refractivity contribution in [3.63, 3.8) is 0 Å². The molecule has 4 amide bonds. The van der Waals surface area contributed by atoms with Crippen molar-refractivity contribution in [2.75, 3.05) is 33.2 Å². The van der Waals surface area contributed by atoms with E-state index in [-0.39, 0.29) is 24.5 Å². The minimum Gasteiger partial charge on any atom is -0.443 e. The summed E-state index contributed by atoms with van der Waals surface area (Å²) in [5, 5.41) is 7.63. The molecule has 11 nitrogen and oxygen atoms in total. The van der Waals surface area contributed by atoms with E-state index in [9.17, 15) is 14.4 Å². The summed E-state index contributed by atoms with van der Waals surface area (Å²) < 4.78 is 5.20. The van der Waals surface area contributed by atoms with Crippen LogP contribution in [0, 0.1) is 5.92 Å². The lowest BCUT2D eigenvalue weighted by atomic mass is 10.0. The molecule has 198 valence electrons. The molecule has 0 aliphatic carbocycles. The zero-order valence-electron chi connectivity index (χ0n) is 21.4. The number of nitrogens with zero attached hydrogens (tertiary/aromatic N) is 5. The van der Waals surface area contributed by atoms with Crippen LogP contribution in [-0.2, 0) is 22.7 Å². The van der Waals surface area contributed by atoms with E-state index in [0.29, 0.717) is 38.6 Å². The summed E-state index contributed by atoms with van der Waals surface area (Å²) in [6, 6.07) is -0.962. The number of piperazine rings is 1. The highest BCUT2D eigenvalue weighted by molar-refractivity contribution is 7.09. The van der Waals surface area contributed by atoms with Crippen LogP contribution in [0.3, 0.4) is 0 Å². The molecule has 1 aliphatic rings. The van der Waals surface area contributed by atoms with Crippen LogP contribution in [0.2, 0.25) is 0 Å². The predicted molar refractivity (Wildman–Crippen MR) is 138 cm³/mol. The van der Waals surface area contributed by atoms with E-state index in [1.807, 2.05) is 19.2 Å². The van der Waals surface area contributed by atoms with E-state index in [1.165, 1.54) is 11.3 Å². The number of carbonyl (C=O) groups is 3. The number of nitrogens with one attached hydrogen (secondary N) is 2. The van der Waals surface area contributed by atoms with E-state index < -0.39 is 12.1 Å². The Morgan fingerprint density at radius 2 is 1.86 bits per heavy atom. The first-order chi connectivity index (χ1) is 17.1. The number of hydrazine groups is 1. The second kappa shape index (κ2) is 13.0. The van der Waals surface area contributed by atoms with Gasteiger partial charge in [0.2, 0.25) is 5.91 Å². The molecule has 0 radical (unpaired) electrons. The third-order valence-electron chi connectivity index (χ3n) is 5.69. The first kappa shape index (κ1) is 27.8. The van der Waals surface area contributed by atoms with Crippen LogP contribution in [0.1, 0.15) is 49.2 Å². The summed E-state index contributed by atoms with van der Waals surface area (Å²) in [5.74, 6) is 0.130. The zero-order chi connectivity index (χ0) is 26.2. The second-order valence-electron chi connectivity index (χ2n) is 9.33. The van der Waals surface area contributed by atoms with Gasteiger partial charge >= 0.3 is 12.1 Å². The highest BCUT2D eigenvalue weighted by Gasteiger charge is 2.32. The number of ether oxygens (including phenoxy) is 1. The minimum absolute atomic E-state index is 0.0838. The molecule has 0 aromatic carbocycles. The number of aromatic nitrogens is 2. The predicted octanol–water partition coefficient (Wildman–Crippen LogP) is 2.87. The Labute approximate surface area is 219 Å². The van der Waals surface area contributed by atoms with Crippen molar-refractivity contribution in [3.05, 3.63) is 32.7 Å². The number of rotatable bonds is 9. The van der Waals surface area contributed by atoms with Gasteiger partial charge in [-0.2, -0.15) is 0 Å². The lowest BCUT2D eigenvalue weighted by molar-refractivity contribution is -0.136. The van der Waals surface area contributed by atoms with E-state index in [2.05, 4.69) is 34.6 Å². The van der Waals surface area contributed by atoms with Crippen molar-refractivity contribution >= 4 is 40.7 Å². The van der Waals surface area contributed by atoms with Crippen molar-refractivity contribution in [2.24, 2.45) is 5.92 Å². The fraction of sp³-hybridized carbons (Fsp3) is 0.609. The van der Waals surface area contributed by atoms with Crippen LogP contribution in [0.25, 0.3) is 0 Å². The maximum absolute atomic E-state index is 13.2. The molecule has 3 heterocycles. The van der Waals surface area contributed by atoms with Gasteiger partial charge in [-0.05, 0) is 5.92 Å². The molecule has 1 saturated heterocycles. The second-order valence-corrected chi connectivity index (χ2v) is 11.2. The quantitative estimate of drug-likeness (QED) is 0.505. The highest BCUT2D eigenvalue weighted by Crippen LogP contribution is 2.20. The Hall–Kier alpha value is -2.77. The van der Waals surface area contributed by atoms with Crippen molar-refractivity contribution in [2.45, 2.75) is 52.8 Å². The van der Waals surface area contributed by atoms with E-state index in [1.54, 1.807) is 44.9 Å². The molecule has 0 bridgehead atoms. The van der Waals surface area contributed by atoms with Gasteiger partial charge in [0, 0.05) is 50.7 Å². The van der Waals surface area contributed by atoms with Crippen LogP contribution in [-0.4, -0.2) is 82.1 Å². The normalized spacial score (nSPS) is 15.1. The molecular weight excluding hydrogens is 502 g/mol. The van der Waals surface area contributed by atoms with Gasteiger partial charge in [-0.15, -0.1) is 22.7 Å². The van der Waals surface area contributed by atoms with Gasteiger partial charge in [-0.3, -0.25) is 15.2 Å². The maximum Gasteiger partial charge on any atom is 0.422 e. The number of amides is 4. The molecule has 36 heavy (non-hydrogen) atoms. The van der Waals surface area contributed by atoms with Gasteiger partial charge in [0.25, 0.3) is 0 Å². The van der Waals surface area contributed by atoms with Gasteiger partial charge < -0.3 is 19.9 Å². The van der Waals surface area contributed by atoms with Gasteiger partial charge in [-0.25, -0.2) is 19.6 Å². The van der Waals surface area contributed by atoms with Crippen molar-refractivity contribution in [3.8, 4) is 0 Å². The van der Waals surface area contributed by atoms with Crippen LogP contribution < -0.4 is 10.7 Å². The molecule has 2 aromatic heterocycles. The molecule has 13 heteroatoms. The SMILES string of the molecule is CC(C)c1nc(CN(C)C(=O)NC(C(=O)N2CCN(NC(=O)OCc3cncs3)CC2)C(C)C)cs1. The maximum atomic E-state index is 13.2. The minimum atomic E-state index is -0.648. The van der Waals surface area contributed by atoms with Crippen molar-refractivity contribution in [1.82, 2.24) is 35.5 Å². The topological polar surface area (TPSA) is 120 Å². The van der Waals surface area contributed by atoms with Crippen molar-refractivity contribution in [1.29, 1.82) is 0 Å². The Morgan fingerprint density at radius 1 is 1.14 bits per heavy atom. The molecule has 3 rings (SSSR count). The molecule has 1 unspecified atom stereocenters. The number of urea groups is 1. The summed E-state index contributed by atoms with van der Waals surface area (Å²) in [4.78, 5) is 50.8. The third kappa shape index (κ3) is 7.87. The Kier molecular flexibility index (Phi) is 10.0. The van der Waals surface area contributed by atoms with Crippen molar-refractivity contribution < 1.29 is 19.1 Å². The average Bonchev–Trinajstić information content (AvgIpc) is 3.53. The monoisotopic (exact) mass is 537 g/mol. The van der Waals surface area contributed by atoms with E-state index in [0.717, 1.165) is 15.6 Å². The van der Waals surface area contributed by atoms with E-state index in [4.69, 9.17) is 4.74 Å². The summed E-state index contributed by atoms with van der Waals surface area (Å²) >= 11 is 3.01. The molecular formula is C23H35N7O4S2. The van der Waals surface area contributed by atoms with E-state index >= 15 is 0 Å². The molecule has 2 N–H and O–H groups in total. The molecule has 0 spiro atoms. The largest absolute Gasteiger partial charge is 0.443 e. The van der Waals surface area contributed by atoms with Gasteiger partial charge in [0.15, 0.2) is 0 Å². The lowest BCUT2D eigenvalue weighted by Gasteiger charge is -2.37. The molecule has 1 aliphatic heterocycles. The molecule has 1 fully saturated rings. The van der Waals surface area contributed by atoms with Gasteiger partial charge in [-0.1, -0.05) is 27.7 Å². The lowest BCUT2D eigenvalue weighted by Crippen LogP contribution is -2.59. The zero-order valence-corrected chi connectivity index (χ0v) is 23.0. The smallest absolute Gasteiger partial charge is 0.422 e. The third-order valence-corrected chi connectivity index (χ3v) is 7.64. The van der Waals surface area contributed by atoms with Crippen LogP contribution in [0.5, 0.6) is 0 Å². The summed E-state index contributed by atoms with van der Waals surface area (Å²) in [5.41, 5.74) is 5.23. The first-order valence-electron chi connectivity index (χ1n) is 11.9. The summed E-state index contributed by atoms with van der Waals surface area (Å²) in [7, 11) is 1.70. The first-order valence-corrected chi connectivity index (χ1v) is 13.7. The molecule has 2 aromatic rings. The standard InChI is InChI=1S/C23H35N7O4S2/c1-15(2)19(26-22(32)28(5)11-17-13-35-20(25-17)16(3)4)21(31)29-6-8-30(9-7-29)27-23(33)34-12-18-10-24-14-36-18/h10,13-16,19H,6-9,11-12H2,1-5H3,(H,26,32)(H,27,33). The fourth-order valence-corrected chi connectivity index (χ4v) is 4.91. The van der Waals surface area contributed by atoms with Gasteiger partial charge in [0.05, 0.1) is 27.6 Å². The number of hydrogen-bond donors (Lipinski definition) is 2. The number of carbonyl (C=O) groups excluding carboxylic acids is 3. The van der Waals surface area contributed by atoms with Crippen LogP contribution >= 0.6 is 22.7 Å². The highest BCUT2D eigenvalue weighted by atomic mass is 32.1. The Balaban J connectivity index is 1.46. The summed E-state index contributed by atoms with van der Waals surface area (Å²) in [6.45, 7) is 10.3. The van der Waals surface area contributed by atoms with Crippen LogP contribution in [0.15, 0.2) is 17.1 Å². The van der Waals surface area contributed by atoms with Gasteiger partial charge in [0.1, 0.15) is 12.6 Å². The van der Waals surface area contributed by atoms with Crippen LogP contribution in [0.4, 0.5) is 9.59 Å². The fourth-order valence-electron chi connectivity index (χ4n) is 3.58. The summed E-state index contributed by atoms with van der Waals surface area (Å²) in [6.07, 6.45) is 1.12. The Morgan fingerprint density at radius 3 is 2.44 bits per heavy atom. The number of thiazole rings is 2. The Bertz CT molecular complexity index is 1000. The number of hydrogen-bond acceptors (Lipinski definition) is 9. The average molecular weight is 538 g/mol. The molecule has 1 atom stereocenters. The molecule has 0 saturated carbocycles.